The van der Waals surface area contributed by atoms with Crippen LogP contribution in [-0.2, 0) is 11.2 Å². The third-order valence-electron chi connectivity index (χ3n) is 3.14. The van der Waals surface area contributed by atoms with Crippen molar-refractivity contribution in [2.24, 2.45) is 0 Å². The monoisotopic (exact) mass is 331 g/mol. The number of hydrogen-bond donors (Lipinski definition) is 2. The number of carboxylic acid groups (broad SMARTS) is 1. The normalized spacial score (nSPS) is 10.7. The third-order valence-corrected chi connectivity index (χ3v) is 4.34. The molecule has 0 saturated carbocycles. The maximum absolute atomic E-state index is 12.0. The van der Waals surface area contributed by atoms with E-state index in [4.69, 9.17) is 4.74 Å². The number of ether oxygens (including phenoxy) is 1. The number of amides is 1. The lowest BCUT2D eigenvalue weighted by atomic mass is 10.2. The smallest absolute Gasteiger partial charge is 0.338 e. The Balaban J connectivity index is 2.08. The summed E-state index contributed by atoms with van der Waals surface area (Å²) in [5.74, 6) is -0.674. The Labute approximate surface area is 138 Å². The van der Waals surface area contributed by atoms with E-state index in [0.29, 0.717) is 5.00 Å². The fourth-order valence-corrected chi connectivity index (χ4v) is 2.90. The van der Waals surface area contributed by atoms with E-state index >= 15 is 0 Å². The van der Waals surface area contributed by atoms with Gasteiger partial charge in [0.1, 0.15) is 10.8 Å². The molecule has 2 aromatic rings. The Morgan fingerprint density at radius 3 is 2.57 bits per heavy atom. The second-order valence-electron chi connectivity index (χ2n) is 4.71. The van der Waals surface area contributed by atoms with E-state index in [-0.39, 0.29) is 11.5 Å². The van der Waals surface area contributed by atoms with Crippen LogP contribution in [0.15, 0.2) is 36.4 Å². The summed E-state index contributed by atoms with van der Waals surface area (Å²) in [5, 5.41) is 12.2. The largest absolute Gasteiger partial charge is 0.497 e. The predicted octanol–water partition coefficient (Wildman–Crippen LogP) is 3.67. The van der Waals surface area contributed by atoms with Crippen molar-refractivity contribution in [3.05, 3.63) is 52.4 Å². The van der Waals surface area contributed by atoms with Crippen LogP contribution in [0.25, 0.3) is 6.08 Å². The minimum Gasteiger partial charge on any atom is -0.497 e. The molecule has 1 aromatic heterocycles. The average molecular weight is 331 g/mol. The molecule has 0 aliphatic heterocycles. The van der Waals surface area contributed by atoms with Crippen LogP contribution in [0, 0.1) is 0 Å². The maximum atomic E-state index is 12.0. The summed E-state index contributed by atoms with van der Waals surface area (Å²) in [5.41, 5.74) is 0.970. The maximum Gasteiger partial charge on any atom is 0.338 e. The minimum absolute atomic E-state index is 0.123. The van der Waals surface area contributed by atoms with E-state index in [9.17, 15) is 14.7 Å². The minimum atomic E-state index is -1.05. The highest BCUT2D eigenvalue weighted by Crippen LogP contribution is 2.28. The first-order valence-electron chi connectivity index (χ1n) is 7.02. The zero-order valence-corrected chi connectivity index (χ0v) is 13.6. The molecule has 0 unspecified atom stereocenters. The van der Waals surface area contributed by atoms with Gasteiger partial charge in [-0.05, 0) is 36.3 Å². The molecule has 23 heavy (non-hydrogen) atoms. The Hall–Kier alpha value is -2.60. The molecule has 2 N–H and O–H groups in total. The number of carboxylic acids is 1. The molecule has 1 aromatic carbocycles. The van der Waals surface area contributed by atoms with Crippen LogP contribution in [0.1, 0.15) is 27.7 Å². The molecule has 0 bridgehead atoms. The van der Waals surface area contributed by atoms with E-state index in [0.717, 1.165) is 22.6 Å². The molecule has 0 aliphatic carbocycles. The van der Waals surface area contributed by atoms with E-state index < -0.39 is 5.97 Å². The summed E-state index contributed by atoms with van der Waals surface area (Å²) >= 11 is 1.28. The molecule has 0 radical (unpaired) electrons. The molecule has 6 heteroatoms. The van der Waals surface area contributed by atoms with Crippen LogP contribution in [0.2, 0.25) is 0 Å². The molecular formula is C17H17NO4S. The topological polar surface area (TPSA) is 75.6 Å². The van der Waals surface area contributed by atoms with Crippen molar-refractivity contribution in [1.82, 2.24) is 0 Å². The summed E-state index contributed by atoms with van der Waals surface area (Å²) < 4.78 is 5.06. The number of thiophene rings is 1. The van der Waals surface area contributed by atoms with Crippen LogP contribution in [0.3, 0.4) is 0 Å². The van der Waals surface area contributed by atoms with Gasteiger partial charge in [0.2, 0.25) is 5.91 Å². The zero-order valence-electron chi connectivity index (χ0n) is 12.8. The van der Waals surface area contributed by atoms with Gasteiger partial charge in [0.25, 0.3) is 0 Å². The van der Waals surface area contributed by atoms with Crippen molar-refractivity contribution in [3.63, 3.8) is 0 Å². The van der Waals surface area contributed by atoms with Gasteiger partial charge in [-0.3, -0.25) is 4.79 Å². The van der Waals surface area contributed by atoms with Crippen LogP contribution >= 0.6 is 11.3 Å². The molecular weight excluding hydrogens is 314 g/mol. The molecule has 0 saturated heterocycles. The highest BCUT2D eigenvalue weighted by atomic mass is 32.1. The van der Waals surface area contributed by atoms with Crippen molar-refractivity contribution in [2.45, 2.75) is 13.3 Å². The number of methoxy groups -OCH3 is 1. The molecule has 5 nitrogen and oxygen atoms in total. The van der Waals surface area contributed by atoms with Gasteiger partial charge in [-0.15, -0.1) is 11.3 Å². The van der Waals surface area contributed by atoms with E-state index in [1.807, 2.05) is 19.1 Å². The van der Waals surface area contributed by atoms with E-state index in [2.05, 4.69) is 5.32 Å². The number of carbonyl (C=O) groups is 2. The van der Waals surface area contributed by atoms with E-state index in [1.165, 1.54) is 17.4 Å². The second kappa shape index (κ2) is 7.60. The van der Waals surface area contributed by atoms with Gasteiger partial charge in [0, 0.05) is 11.0 Å². The standard InChI is InChI=1S/C17H17NO4S/c1-3-13-10-14(17(20)21)16(23-13)18-15(19)9-6-11-4-7-12(22-2)8-5-11/h4-10H,3H2,1-2H3,(H,18,19)(H,20,21)/b9-6+. The third kappa shape index (κ3) is 4.43. The highest BCUT2D eigenvalue weighted by Gasteiger charge is 2.15. The summed E-state index contributed by atoms with van der Waals surface area (Å²) in [6, 6.07) is 8.84. The van der Waals surface area contributed by atoms with Gasteiger partial charge in [0.05, 0.1) is 12.7 Å². The molecule has 0 fully saturated rings. The van der Waals surface area contributed by atoms with Crippen LogP contribution < -0.4 is 10.1 Å². The lowest BCUT2D eigenvalue weighted by Crippen LogP contribution is -2.09. The summed E-state index contributed by atoms with van der Waals surface area (Å²) in [6.07, 6.45) is 3.75. The first-order valence-corrected chi connectivity index (χ1v) is 7.84. The Kier molecular flexibility index (Phi) is 5.54. The Bertz CT molecular complexity index is 732. The number of benzene rings is 1. The lowest BCUT2D eigenvalue weighted by molar-refractivity contribution is -0.111. The fraction of sp³-hybridized carbons (Fsp3) is 0.176. The van der Waals surface area contributed by atoms with Crippen molar-refractivity contribution in [3.8, 4) is 5.75 Å². The molecule has 0 spiro atoms. The Morgan fingerprint density at radius 1 is 1.30 bits per heavy atom. The molecule has 1 amide bonds. The van der Waals surface area contributed by atoms with Gasteiger partial charge in [0.15, 0.2) is 0 Å². The average Bonchev–Trinajstić information content (AvgIpc) is 2.96. The highest BCUT2D eigenvalue weighted by molar-refractivity contribution is 7.16. The SMILES string of the molecule is CCc1cc(C(=O)O)c(NC(=O)/C=C/c2ccc(OC)cc2)s1. The van der Waals surface area contributed by atoms with Crippen molar-refractivity contribution < 1.29 is 19.4 Å². The predicted molar refractivity (Wildman–Crippen MR) is 91.3 cm³/mol. The molecule has 0 aliphatic rings. The van der Waals surface area contributed by atoms with E-state index in [1.54, 1.807) is 31.4 Å². The molecule has 120 valence electrons. The van der Waals surface area contributed by atoms with Crippen LogP contribution in [0.5, 0.6) is 5.75 Å². The summed E-state index contributed by atoms with van der Waals surface area (Å²) in [7, 11) is 1.59. The number of aromatic carboxylic acids is 1. The van der Waals surface area contributed by atoms with Crippen LogP contribution in [-0.4, -0.2) is 24.1 Å². The number of rotatable bonds is 6. The molecule has 1 heterocycles. The van der Waals surface area contributed by atoms with Gasteiger partial charge < -0.3 is 15.2 Å². The first kappa shape index (κ1) is 16.8. The Morgan fingerprint density at radius 2 is 2.00 bits per heavy atom. The van der Waals surface area contributed by atoms with Gasteiger partial charge in [-0.2, -0.15) is 0 Å². The van der Waals surface area contributed by atoms with Crippen molar-refractivity contribution in [2.75, 3.05) is 12.4 Å². The quantitative estimate of drug-likeness (QED) is 0.792. The number of anilines is 1. The molecule has 2 rings (SSSR count). The van der Waals surface area contributed by atoms with Crippen molar-refractivity contribution in [1.29, 1.82) is 0 Å². The van der Waals surface area contributed by atoms with Gasteiger partial charge >= 0.3 is 5.97 Å². The zero-order chi connectivity index (χ0) is 16.8. The number of aryl methyl sites for hydroxylation is 1. The number of hydrogen-bond acceptors (Lipinski definition) is 4. The molecule has 0 atom stereocenters. The number of nitrogens with one attached hydrogen (secondary N) is 1. The van der Waals surface area contributed by atoms with Crippen LogP contribution in [0.4, 0.5) is 5.00 Å². The number of carbonyl (C=O) groups excluding carboxylic acids is 1. The first-order chi connectivity index (χ1) is 11.0. The lowest BCUT2D eigenvalue weighted by Gasteiger charge is -2.01. The van der Waals surface area contributed by atoms with Gasteiger partial charge in [-0.1, -0.05) is 19.1 Å². The fourth-order valence-electron chi connectivity index (χ4n) is 1.91. The summed E-state index contributed by atoms with van der Waals surface area (Å²) in [6.45, 7) is 1.94. The second-order valence-corrected chi connectivity index (χ2v) is 5.85. The van der Waals surface area contributed by atoms with Gasteiger partial charge in [-0.25, -0.2) is 4.79 Å². The van der Waals surface area contributed by atoms with Crippen molar-refractivity contribution >= 4 is 34.3 Å². The summed E-state index contributed by atoms with van der Waals surface area (Å²) in [4.78, 5) is 24.1.